The number of nitrogens with zero attached hydrogens (tertiary/aromatic N) is 1. The normalized spacial score (nSPS) is 14.2. The standard InChI is InChI=1S/C26H20Cl2N2O5S2/c1-33-18-7-4-16(5-8-18)29-24(31)14-35-21-10-3-15(11-22(21)34-2)12-23-25(32)30(26(36)37-23)17-6-9-19(27)20(28)13-17/h3-13H,14H2,1-2H3,(H,29,31)/b23-12-. The van der Waals surface area contributed by atoms with E-state index in [0.29, 0.717) is 53.5 Å². The van der Waals surface area contributed by atoms with E-state index in [4.69, 9.17) is 49.6 Å². The smallest absolute Gasteiger partial charge is 0.270 e. The van der Waals surface area contributed by atoms with Gasteiger partial charge in [-0.2, -0.15) is 0 Å². The van der Waals surface area contributed by atoms with Crippen LogP contribution in [0.1, 0.15) is 5.56 Å². The van der Waals surface area contributed by atoms with Gasteiger partial charge in [0.05, 0.1) is 34.9 Å². The zero-order chi connectivity index (χ0) is 26.5. The van der Waals surface area contributed by atoms with E-state index < -0.39 is 0 Å². The lowest BCUT2D eigenvalue weighted by molar-refractivity contribution is -0.118. The summed E-state index contributed by atoms with van der Waals surface area (Å²) in [5.41, 5.74) is 1.85. The summed E-state index contributed by atoms with van der Waals surface area (Å²) in [6.45, 7) is -0.218. The minimum absolute atomic E-state index is 0.218. The fraction of sp³-hybridized carbons (Fsp3) is 0.115. The Morgan fingerprint density at radius 3 is 2.43 bits per heavy atom. The molecule has 0 unspecified atom stereocenters. The molecule has 0 saturated carbocycles. The number of nitrogens with one attached hydrogen (secondary N) is 1. The molecule has 1 heterocycles. The predicted octanol–water partition coefficient (Wildman–Crippen LogP) is 6.43. The fourth-order valence-corrected chi connectivity index (χ4v) is 4.97. The summed E-state index contributed by atoms with van der Waals surface area (Å²) in [6, 6.07) is 17.0. The molecule has 7 nitrogen and oxygen atoms in total. The lowest BCUT2D eigenvalue weighted by Gasteiger charge is -2.15. The number of rotatable bonds is 8. The molecular formula is C26H20Cl2N2O5S2. The Hall–Kier alpha value is -3.24. The van der Waals surface area contributed by atoms with Crippen LogP contribution >= 0.6 is 47.2 Å². The van der Waals surface area contributed by atoms with Crippen LogP contribution in [0.15, 0.2) is 65.6 Å². The van der Waals surface area contributed by atoms with Crippen molar-refractivity contribution in [2.45, 2.75) is 0 Å². The summed E-state index contributed by atoms with van der Waals surface area (Å²) >= 11 is 18.7. The van der Waals surface area contributed by atoms with Gasteiger partial charge in [-0.15, -0.1) is 0 Å². The van der Waals surface area contributed by atoms with Crippen molar-refractivity contribution in [3.05, 3.63) is 81.2 Å². The van der Waals surface area contributed by atoms with E-state index in [1.807, 2.05) is 0 Å². The van der Waals surface area contributed by atoms with E-state index in [1.165, 1.54) is 23.8 Å². The molecule has 0 spiro atoms. The van der Waals surface area contributed by atoms with Gasteiger partial charge >= 0.3 is 0 Å². The second-order valence-corrected chi connectivity index (χ2v) is 10.1. The number of thioether (sulfide) groups is 1. The van der Waals surface area contributed by atoms with Crippen LogP contribution < -0.4 is 24.4 Å². The lowest BCUT2D eigenvalue weighted by Crippen LogP contribution is -2.27. The van der Waals surface area contributed by atoms with Crippen LogP contribution in [0, 0.1) is 0 Å². The van der Waals surface area contributed by atoms with Crippen molar-refractivity contribution in [2.75, 3.05) is 31.0 Å². The summed E-state index contributed by atoms with van der Waals surface area (Å²) in [5.74, 6) is 0.875. The number of hydrogen-bond donors (Lipinski definition) is 1. The van der Waals surface area contributed by atoms with Gasteiger partial charge in [0.25, 0.3) is 11.8 Å². The molecule has 1 N–H and O–H groups in total. The SMILES string of the molecule is COc1ccc(NC(=O)COc2ccc(/C=C3\SC(=S)N(c4ccc(Cl)c(Cl)c4)C3=O)cc2OC)cc1. The molecule has 4 rings (SSSR count). The number of hydrogen-bond acceptors (Lipinski definition) is 7. The van der Waals surface area contributed by atoms with Crippen molar-refractivity contribution in [1.82, 2.24) is 0 Å². The topological polar surface area (TPSA) is 77.1 Å². The van der Waals surface area contributed by atoms with Crippen LogP contribution in [0.2, 0.25) is 10.0 Å². The Morgan fingerprint density at radius 2 is 1.76 bits per heavy atom. The lowest BCUT2D eigenvalue weighted by atomic mass is 10.2. The van der Waals surface area contributed by atoms with Gasteiger partial charge in [0.2, 0.25) is 0 Å². The van der Waals surface area contributed by atoms with Crippen molar-refractivity contribution in [1.29, 1.82) is 0 Å². The Kier molecular flexibility index (Phi) is 8.60. The maximum absolute atomic E-state index is 13.1. The van der Waals surface area contributed by atoms with Crippen molar-refractivity contribution in [3.8, 4) is 17.2 Å². The van der Waals surface area contributed by atoms with E-state index in [9.17, 15) is 9.59 Å². The highest BCUT2D eigenvalue weighted by Crippen LogP contribution is 2.38. The van der Waals surface area contributed by atoms with Crippen LogP contribution in [0.4, 0.5) is 11.4 Å². The predicted molar refractivity (Wildman–Crippen MR) is 152 cm³/mol. The number of ether oxygens (including phenoxy) is 3. The summed E-state index contributed by atoms with van der Waals surface area (Å²) in [4.78, 5) is 27.2. The molecule has 190 valence electrons. The summed E-state index contributed by atoms with van der Waals surface area (Å²) in [6.07, 6.45) is 1.71. The van der Waals surface area contributed by atoms with Gasteiger partial charge < -0.3 is 19.5 Å². The Bertz CT molecular complexity index is 1400. The molecule has 1 aliphatic heterocycles. The minimum atomic E-state index is -0.331. The number of halogens is 2. The van der Waals surface area contributed by atoms with Gasteiger partial charge in [-0.1, -0.05) is 53.2 Å². The average molecular weight is 575 g/mol. The largest absolute Gasteiger partial charge is 0.497 e. The monoisotopic (exact) mass is 574 g/mol. The molecule has 3 aromatic rings. The molecule has 0 radical (unpaired) electrons. The van der Waals surface area contributed by atoms with Gasteiger partial charge in [0.1, 0.15) is 5.75 Å². The van der Waals surface area contributed by atoms with Crippen molar-refractivity contribution in [3.63, 3.8) is 0 Å². The van der Waals surface area contributed by atoms with E-state index in [1.54, 1.807) is 73.8 Å². The molecular weight excluding hydrogens is 555 g/mol. The van der Waals surface area contributed by atoms with Crippen LogP contribution in [-0.2, 0) is 9.59 Å². The molecule has 11 heteroatoms. The van der Waals surface area contributed by atoms with Crippen LogP contribution in [-0.4, -0.2) is 37.0 Å². The summed E-state index contributed by atoms with van der Waals surface area (Å²) < 4.78 is 16.6. The maximum Gasteiger partial charge on any atom is 0.270 e. The average Bonchev–Trinajstić information content (AvgIpc) is 3.17. The molecule has 2 amide bonds. The second-order valence-electron chi connectivity index (χ2n) is 7.59. The maximum atomic E-state index is 13.1. The molecule has 1 saturated heterocycles. The van der Waals surface area contributed by atoms with Gasteiger partial charge in [-0.3, -0.25) is 14.5 Å². The minimum Gasteiger partial charge on any atom is -0.497 e. The van der Waals surface area contributed by atoms with Crippen molar-refractivity contribution >= 4 is 80.8 Å². The molecule has 37 heavy (non-hydrogen) atoms. The number of carbonyl (C=O) groups is 2. The zero-order valence-corrected chi connectivity index (χ0v) is 22.8. The number of benzene rings is 3. The van der Waals surface area contributed by atoms with E-state index in [0.717, 1.165) is 0 Å². The number of amides is 2. The summed E-state index contributed by atoms with van der Waals surface area (Å²) in [7, 11) is 3.06. The number of methoxy groups -OCH3 is 2. The molecule has 1 fully saturated rings. The molecule has 0 aromatic heterocycles. The van der Waals surface area contributed by atoms with Crippen molar-refractivity contribution in [2.24, 2.45) is 0 Å². The van der Waals surface area contributed by atoms with Gasteiger partial charge in [-0.05, 0) is 66.2 Å². The highest BCUT2D eigenvalue weighted by atomic mass is 35.5. The van der Waals surface area contributed by atoms with Crippen LogP contribution in [0.3, 0.4) is 0 Å². The van der Waals surface area contributed by atoms with E-state index in [-0.39, 0.29) is 18.4 Å². The first-order valence-corrected chi connectivity index (χ1v) is 12.7. The zero-order valence-electron chi connectivity index (χ0n) is 19.6. The summed E-state index contributed by atoms with van der Waals surface area (Å²) in [5, 5.41) is 3.47. The Balaban J connectivity index is 1.44. The Morgan fingerprint density at radius 1 is 1.00 bits per heavy atom. The first-order chi connectivity index (χ1) is 17.8. The third-order valence-corrected chi connectivity index (χ3v) is 7.21. The number of carbonyl (C=O) groups excluding carboxylic acids is 2. The van der Waals surface area contributed by atoms with Gasteiger partial charge in [0.15, 0.2) is 22.4 Å². The van der Waals surface area contributed by atoms with Gasteiger partial charge in [0, 0.05) is 5.69 Å². The molecule has 0 bridgehead atoms. The Labute approximate surface area is 233 Å². The quantitative estimate of drug-likeness (QED) is 0.245. The van der Waals surface area contributed by atoms with Crippen molar-refractivity contribution < 1.29 is 23.8 Å². The second kappa shape index (κ2) is 11.9. The van der Waals surface area contributed by atoms with E-state index >= 15 is 0 Å². The molecule has 1 aliphatic rings. The molecule has 3 aromatic carbocycles. The first-order valence-electron chi connectivity index (χ1n) is 10.8. The third-order valence-electron chi connectivity index (χ3n) is 5.17. The third kappa shape index (κ3) is 6.37. The highest BCUT2D eigenvalue weighted by molar-refractivity contribution is 8.27. The van der Waals surface area contributed by atoms with Crippen LogP contribution in [0.25, 0.3) is 6.08 Å². The number of thiocarbonyl (C=S) groups is 1. The highest BCUT2D eigenvalue weighted by Gasteiger charge is 2.33. The van der Waals surface area contributed by atoms with E-state index in [2.05, 4.69) is 5.32 Å². The molecule has 0 aliphatic carbocycles. The van der Waals surface area contributed by atoms with Gasteiger partial charge in [-0.25, -0.2) is 0 Å². The fourth-order valence-electron chi connectivity index (χ4n) is 3.37. The first kappa shape index (κ1) is 26.8. The molecule has 0 atom stereocenters. The number of anilines is 2. The van der Waals surface area contributed by atoms with Crippen LogP contribution in [0.5, 0.6) is 17.2 Å².